The first-order valence-corrected chi connectivity index (χ1v) is 7.44. The Hall–Kier alpha value is -3.22. The maximum absolute atomic E-state index is 12.2. The molecule has 0 aliphatic heterocycles. The van der Waals surface area contributed by atoms with Crippen LogP contribution in [0.4, 0.5) is 0 Å². The zero-order valence-corrected chi connectivity index (χ0v) is 14.5. The summed E-state index contributed by atoms with van der Waals surface area (Å²) in [6.45, 7) is 1.73. The van der Waals surface area contributed by atoms with E-state index >= 15 is 0 Å². The topological polar surface area (TPSA) is 89.4 Å². The summed E-state index contributed by atoms with van der Waals surface area (Å²) in [4.78, 5) is 12.2. The second-order valence-electron chi connectivity index (χ2n) is 5.09. The van der Waals surface area contributed by atoms with E-state index < -0.39 is 5.91 Å². The Morgan fingerprint density at radius 3 is 2.12 bits per heavy atom. The van der Waals surface area contributed by atoms with Crippen LogP contribution < -0.4 is 19.6 Å². The number of phenolic OH excluding ortho intramolecular Hbond substituents is 1. The van der Waals surface area contributed by atoms with Gasteiger partial charge in [-0.15, -0.1) is 0 Å². The fourth-order valence-corrected chi connectivity index (χ4v) is 2.18. The summed E-state index contributed by atoms with van der Waals surface area (Å²) in [6, 6.07) is 9.69. The van der Waals surface area contributed by atoms with Crippen molar-refractivity contribution in [3.8, 4) is 23.0 Å². The van der Waals surface area contributed by atoms with Crippen LogP contribution in [-0.2, 0) is 0 Å². The van der Waals surface area contributed by atoms with Crippen molar-refractivity contribution in [3.63, 3.8) is 0 Å². The van der Waals surface area contributed by atoms with Gasteiger partial charge in [0.25, 0.3) is 5.91 Å². The van der Waals surface area contributed by atoms with Gasteiger partial charge in [0, 0.05) is 17.7 Å². The maximum Gasteiger partial charge on any atom is 0.275 e. The molecule has 7 nitrogen and oxygen atoms in total. The number of methoxy groups -OCH3 is 3. The zero-order valence-electron chi connectivity index (χ0n) is 14.5. The lowest BCUT2D eigenvalue weighted by atomic mass is 10.1. The van der Waals surface area contributed by atoms with Crippen LogP contribution in [0.15, 0.2) is 41.5 Å². The number of carbonyl (C=O) groups is 1. The molecule has 132 valence electrons. The summed E-state index contributed by atoms with van der Waals surface area (Å²) in [5.41, 5.74) is 3.77. The summed E-state index contributed by atoms with van der Waals surface area (Å²) >= 11 is 0. The fraction of sp³-hybridized carbons (Fsp3) is 0.222. The molecule has 2 rings (SSSR count). The maximum atomic E-state index is 12.2. The van der Waals surface area contributed by atoms with Crippen molar-refractivity contribution < 1.29 is 24.1 Å². The lowest BCUT2D eigenvalue weighted by Crippen LogP contribution is -2.19. The van der Waals surface area contributed by atoms with Gasteiger partial charge in [0.1, 0.15) is 23.0 Å². The van der Waals surface area contributed by atoms with Crippen LogP contribution in [0.2, 0.25) is 0 Å². The van der Waals surface area contributed by atoms with Crippen LogP contribution in [0.5, 0.6) is 23.0 Å². The van der Waals surface area contributed by atoms with Gasteiger partial charge in [-0.3, -0.25) is 4.79 Å². The van der Waals surface area contributed by atoms with Crippen molar-refractivity contribution in [1.82, 2.24) is 5.43 Å². The molecule has 0 heterocycles. The van der Waals surface area contributed by atoms with Crippen LogP contribution in [0.25, 0.3) is 0 Å². The smallest absolute Gasteiger partial charge is 0.275 e. The van der Waals surface area contributed by atoms with Gasteiger partial charge < -0.3 is 19.3 Å². The monoisotopic (exact) mass is 344 g/mol. The van der Waals surface area contributed by atoms with Gasteiger partial charge in [-0.25, -0.2) is 5.43 Å². The quantitative estimate of drug-likeness (QED) is 0.621. The number of hydrogen-bond acceptors (Lipinski definition) is 6. The molecule has 2 aromatic rings. The molecule has 0 saturated heterocycles. The zero-order chi connectivity index (χ0) is 18.4. The molecular formula is C18H20N2O5. The highest BCUT2D eigenvalue weighted by molar-refractivity contribution is 6.03. The van der Waals surface area contributed by atoms with E-state index in [4.69, 9.17) is 14.2 Å². The summed E-state index contributed by atoms with van der Waals surface area (Å²) in [7, 11) is 4.58. The first-order chi connectivity index (χ1) is 12.0. The molecule has 0 spiro atoms. The molecule has 0 fully saturated rings. The number of nitrogens with zero attached hydrogens (tertiary/aromatic N) is 1. The molecule has 0 bridgehead atoms. The summed E-state index contributed by atoms with van der Waals surface area (Å²) < 4.78 is 15.5. The van der Waals surface area contributed by atoms with E-state index in [1.165, 1.54) is 19.2 Å². The Balaban J connectivity index is 2.19. The first kappa shape index (κ1) is 18.1. The van der Waals surface area contributed by atoms with E-state index in [9.17, 15) is 9.90 Å². The number of carbonyl (C=O) groups excluding carboxylic acids is 1. The second-order valence-corrected chi connectivity index (χ2v) is 5.09. The van der Waals surface area contributed by atoms with Gasteiger partial charge >= 0.3 is 0 Å². The third-order valence-electron chi connectivity index (χ3n) is 3.57. The Kier molecular flexibility index (Phi) is 5.84. The van der Waals surface area contributed by atoms with Crippen molar-refractivity contribution in [1.29, 1.82) is 0 Å². The average molecular weight is 344 g/mol. The largest absolute Gasteiger partial charge is 0.507 e. The highest BCUT2D eigenvalue weighted by Crippen LogP contribution is 2.25. The SMILES string of the molecule is COc1ccc(C(=O)N/N=C(/C)c2ccc(OC)cc2OC)c(O)c1. The molecule has 0 aliphatic carbocycles. The Morgan fingerprint density at radius 1 is 0.960 bits per heavy atom. The molecule has 7 heteroatoms. The molecule has 0 aromatic heterocycles. The average Bonchev–Trinajstić information content (AvgIpc) is 2.64. The molecule has 0 unspecified atom stereocenters. The molecule has 25 heavy (non-hydrogen) atoms. The van der Waals surface area contributed by atoms with Gasteiger partial charge in [-0.05, 0) is 31.2 Å². The van der Waals surface area contributed by atoms with Crippen molar-refractivity contribution in [2.24, 2.45) is 5.10 Å². The predicted octanol–water partition coefficient (Wildman–Crippen LogP) is 2.57. The summed E-state index contributed by atoms with van der Waals surface area (Å²) in [5, 5.41) is 14.0. The number of hydrogen-bond donors (Lipinski definition) is 2. The predicted molar refractivity (Wildman–Crippen MR) is 93.9 cm³/mol. The molecule has 0 atom stereocenters. The van der Waals surface area contributed by atoms with E-state index in [2.05, 4.69) is 10.5 Å². The van der Waals surface area contributed by atoms with E-state index in [0.29, 0.717) is 28.5 Å². The van der Waals surface area contributed by atoms with Crippen molar-refractivity contribution in [2.45, 2.75) is 6.92 Å². The standard InChI is InChI=1S/C18H20N2O5/c1-11(14-7-5-13(24-3)10-17(14)25-4)19-20-18(22)15-8-6-12(23-2)9-16(15)21/h5-10,21H,1-4H3,(H,20,22)/b19-11-. The van der Waals surface area contributed by atoms with Gasteiger partial charge in [-0.2, -0.15) is 5.10 Å². The lowest BCUT2D eigenvalue weighted by Gasteiger charge is -2.10. The second kappa shape index (κ2) is 8.05. The van der Waals surface area contributed by atoms with Crippen LogP contribution in [0, 0.1) is 0 Å². The minimum absolute atomic E-state index is 0.0963. The third kappa shape index (κ3) is 4.20. The van der Waals surface area contributed by atoms with Crippen LogP contribution in [-0.4, -0.2) is 38.1 Å². The number of aromatic hydroxyl groups is 1. The minimum Gasteiger partial charge on any atom is -0.507 e. The van der Waals surface area contributed by atoms with Crippen molar-refractivity contribution >= 4 is 11.6 Å². The molecule has 1 amide bonds. The highest BCUT2D eigenvalue weighted by atomic mass is 16.5. The normalized spacial score (nSPS) is 11.0. The van der Waals surface area contributed by atoms with Gasteiger partial charge in [0.05, 0.1) is 32.6 Å². The molecule has 0 aliphatic rings. The Morgan fingerprint density at radius 2 is 1.56 bits per heavy atom. The molecule has 0 radical (unpaired) electrons. The number of rotatable bonds is 6. The number of hydrazone groups is 1. The van der Waals surface area contributed by atoms with E-state index in [0.717, 1.165) is 0 Å². The number of phenols is 1. The number of benzene rings is 2. The minimum atomic E-state index is -0.535. The van der Waals surface area contributed by atoms with Gasteiger partial charge in [-0.1, -0.05) is 0 Å². The number of amides is 1. The number of ether oxygens (including phenoxy) is 3. The van der Waals surface area contributed by atoms with E-state index in [-0.39, 0.29) is 11.3 Å². The van der Waals surface area contributed by atoms with Crippen molar-refractivity contribution in [2.75, 3.05) is 21.3 Å². The molecule has 0 saturated carbocycles. The van der Waals surface area contributed by atoms with Crippen LogP contribution in [0.1, 0.15) is 22.8 Å². The molecular weight excluding hydrogens is 324 g/mol. The van der Waals surface area contributed by atoms with E-state index in [1.54, 1.807) is 45.4 Å². The Labute approximate surface area is 145 Å². The lowest BCUT2D eigenvalue weighted by molar-refractivity contribution is 0.0952. The van der Waals surface area contributed by atoms with Crippen LogP contribution >= 0.6 is 0 Å². The molecule has 2 N–H and O–H groups in total. The highest BCUT2D eigenvalue weighted by Gasteiger charge is 2.13. The van der Waals surface area contributed by atoms with Gasteiger partial charge in [0.2, 0.25) is 0 Å². The molecule has 2 aromatic carbocycles. The van der Waals surface area contributed by atoms with Crippen molar-refractivity contribution in [3.05, 3.63) is 47.5 Å². The van der Waals surface area contributed by atoms with Gasteiger partial charge in [0.15, 0.2) is 0 Å². The summed E-state index contributed by atoms with van der Waals surface area (Å²) in [5.74, 6) is 0.957. The first-order valence-electron chi connectivity index (χ1n) is 7.44. The Bertz CT molecular complexity index is 802. The fourth-order valence-electron chi connectivity index (χ4n) is 2.18. The van der Waals surface area contributed by atoms with E-state index in [1.807, 2.05) is 0 Å². The van der Waals surface area contributed by atoms with Crippen LogP contribution in [0.3, 0.4) is 0 Å². The summed E-state index contributed by atoms with van der Waals surface area (Å²) in [6.07, 6.45) is 0. The third-order valence-corrected chi connectivity index (χ3v) is 3.57. The number of nitrogens with one attached hydrogen (secondary N) is 1.